The maximum atomic E-state index is 14.3. The lowest BCUT2D eigenvalue weighted by molar-refractivity contribution is -0.140. The average molecular weight is 632 g/mol. The first-order valence-corrected chi connectivity index (χ1v) is 15.5. The number of sulfonamides is 1. The van der Waals surface area contributed by atoms with Crippen molar-refractivity contribution in [1.82, 2.24) is 10.2 Å². The van der Waals surface area contributed by atoms with Gasteiger partial charge >= 0.3 is 0 Å². The van der Waals surface area contributed by atoms with Crippen LogP contribution in [0.25, 0.3) is 0 Å². The van der Waals surface area contributed by atoms with Gasteiger partial charge in [-0.3, -0.25) is 13.9 Å². The van der Waals surface area contributed by atoms with E-state index in [4.69, 9.17) is 25.8 Å². The standard InChI is InChI=1S/C31H38ClN3O7S/c1-7-25(31(37)33-8-2)34(19-22-12-10-9-11-21(22)3)30(36)20-35(26-17-23(32)13-15-27(26)40-4)43(38,39)24-14-16-28(41-5)29(18-24)42-6/h9-18,25H,7-8,19-20H2,1-6H3,(H,33,37). The Morgan fingerprint density at radius 3 is 2.16 bits per heavy atom. The van der Waals surface area contributed by atoms with Gasteiger partial charge in [-0.15, -0.1) is 0 Å². The second kappa shape index (κ2) is 15.0. The number of ether oxygens (including phenoxy) is 3. The summed E-state index contributed by atoms with van der Waals surface area (Å²) in [5.74, 6) is -0.214. The molecule has 3 aromatic rings. The molecular formula is C31H38ClN3O7S. The molecule has 0 saturated carbocycles. The van der Waals surface area contributed by atoms with E-state index in [-0.39, 0.29) is 39.6 Å². The van der Waals surface area contributed by atoms with E-state index in [1.54, 1.807) is 19.9 Å². The van der Waals surface area contributed by atoms with Crippen molar-refractivity contribution in [2.24, 2.45) is 0 Å². The molecule has 3 rings (SSSR count). The van der Waals surface area contributed by atoms with Crippen LogP contribution in [0.3, 0.4) is 0 Å². The third kappa shape index (κ3) is 7.71. The van der Waals surface area contributed by atoms with E-state index >= 15 is 0 Å². The number of benzene rings is 3. The van der Waals surface area contributed by atoms with Crippen LogP contribution in [0.4, 0.5) is 5.69 Å². The number of nitrogens with zero attached hydrogens (tertiary/aromatic N) is 2. The smallest absolute Gasteiger partial charge is 0.265 e. The first kappa shape index (κ1) is 33.5. The molecule has 0 heterocycles. The number of amides is 2. The lowest BCUT2D eigenvalue weighted by Crippen LogP contribution is -2.52. The third-order valence-electron chi connectivity index (χ3n) is 6.97. The highest BCUT2D eigenvalue weighted by atomic mass is 35.5. The molecule has 0 bridgehead atoms. The normalized spacial score (nSPS) is 11.8. The molecule has 0 spiro atoms. The Hall–Kier alpha value is -3.96. The minimum atomic E-state index is -4.42. The molecule has 0 aliphatic heterocycles. The van der Waals surface area contributed by atoms with Gasteiger partial charge in [0.05, 0.1) is 31.9 Å². The Balaban J connectivity index is 2.19. The number of methoxy groups -OCH3 is 3. The minimum absolute atomic E-state index is 0.0556. The Morgan fingerprint density at radius 2 is 1.56 bits per heavy atom. The minimum Gasteiger partial charge on any atom is -0.495 e. The van der Waals surface area contributed by atoms with Crippen LogP contribution in [0, 0.1) is 6.92 Å². The van der Waals surface area contributed by atoms with E-state index < -0.39 is 28.5 Å². The number of rotatable bonds is 14. The van der Waals surface area contributed by atoms with Crippen LogP contribution in [-0.4, -0.2) is 65.6 Å². The molecule has 3 aromatic carbocycles. The van der Waals surface area contributed by atoms with Crippen molar-refractivity contribution in [3.05, 3.63) is 76.8 Å². The van der Waals surface area contributed by atoms with Gasteiger partial charge in [0.15, 0.2) is 11.5 Å². The summed E-state index contributed by atoms with van der Waals surface area (Å²) >= 11 is 6.31. The number of nitrogens with one attached hydrogen (secondary N) is 1. The summed E-state index contributed by atoms with van der Waals surface area (Å²) in [5, 5.41) is 3.03. The van der Waals surface area contributed by atoms with E-state index in [0.717, 1.165) is 15.4 Å². The van der Waals surface area contributed by atoms with Gasteiger partial charge in [-0.05, 0) is 61.7 Å². The molecule has 1 atom stereocenters. The van der Waals surface area contributed by atoms with Gasteiger partial charge in [0.1, 0.15) is 18.3 Å². The van der Waals surface area contributed by atoms with Gasteiger partial charge < -0.3 is 24.4 Å². The first-order valence-electron chi connectivity index (χ1n) is 13.7. The highest BCUT2D eigenvalue weighted by molar-refractivity contribution is 7.92. The molecule has 232 valence electrons. The largest absolute Gasteiger partial charge is 0.495 e. The molecule has 1 unspecified atom stereocenters. The number of hydrogen-bond donors (Lipinski definition) is 1. The fourth-order valence-electron chi connectivity index (χ4n) is 4.66. The second-order valence-electron chi connectivity index (χ2n) is 9.61. The molecule has 0 aromatic heterocycles. The molecule has 2 amide bonds. The molecule has 0 fully saturated rings. The maximum Gasteiger partial charge on any atom is 0.265 e. The average Bonchev–Trinajstić information content (AvgIpc) is 3.00. The first-order chi connectivity index (χ1) is 20.5. The van der Waals surface area contributed by atoms with E-state index in [1.165, 1.54) is 56.6 Å². The Bertz CT molecular complexity index is 1550. The predicted octanol–water partition coefficient (Wildman–Crippen LogP) is 4.81. The van der Waals surface area contributed by atoms with Crippen molar-refractivity contribution in [2.75, 3.05) is 38.7 Å². The van der Waals surface area contributed by atoms with Crippen molar-refractivity contribution in [2.45, 2.75) is 44.7 Å². The van der Waals surface area contributed by atoms with Crippen molar-refractivity contribution < 1.29 is 32.2 Å². The molecule has 1 N–H and O–H groups in total. The Kier molecular flexibility index (Phi) is 11.7. The number of carbonyl (C=O) groups is 2. The summed E-state index contributed by atoms with van der Waals surface area (Å²) in [7, 11) is -0.197. The van der Waals surface area contributed by atoms with Gasteiger partial charge in [0.2, 0.25) is 11.8 Å². The topological polar surface area (TPSA) is 114 Å². The van der Waals surface area contributed by atoms with Gasteiger partial charge in [-0.1, -0.05) is 42.8 Å². The van der Waals surface area contributed by atoms with Crippen molar-refractivity contribution in [3.63, 3.8) is 0 Å². The fraction of sp³-hybridized carbons (Fsp3) is 0.355. The molecule has 0 saturated heterocycles. The van der Waals surface area contributed by atoms with Gasteiger partial charge in [-0.25, -0.2) is 8.42 Å². The number of carbonyl (C=O) groups excluding carboxylic acids is 2. The lowest BCUT2D eigenvalue weighted by atomic mass is 10.1. The van der Waals surface area contributed by atoms with Crippen molar-refractivity contribution >= 4 is 39.1 Å². The van der Waals surface area contributed by atoms with E-state index in [2.05, 4.69) is 5.32 Å². The van der Waals surface area contributed by atoms with E-state index in [1.807, 2.05) is 31.2 Å². The summed E-state index contributed by atoms with van der Waals surface area (Å²) < 4.78 is 45.7. The number of anilines is 1. The van der Waals surface area contributed by atoms with Crippen LogP contribution < -0.4 is 23.8 Å². The summed E-state index contributed by atoms with van der Waals surface area (Å²) in [4.78, 5) is 28.7. The van der Waals surface area contributed by atoms with Crippen LogP contribution in [0.5, 0.6) is 17.2 Å². The zero-order valence-corrected chi connectivity index (χ0v) is 26.8. The molecule has 0 aliphatic rings. The summed E-state index contributed by atoms with van der Waals surface area (Å²) in [6.07, 6.45) is 0.312. The van der Waals surface area contributed by atoms with E-state index in [9.17, 15) is 18.0 Å². The highest BCUT2D eigenvalue weighted by Crippen LogP contribution is 2.37. The van der Waals surface area contributed by atoms with Crippen molar-refractivity contribution in [1.29, 1.82) is 0 Å². The third-order valence-corrected chi connectivity index (χ3v) is 8.96. The van der Waals surface area contributed by atoms with Gasteiger partial charge in [-0.2, -0.15) is 0 Å². The molecule has 0 aliphatic carbocycles. The number of hydrogen-bond acceptors (Lipinski definition) is 7. The summed E-state index contributed by atoms with van der Waals surface area (Å²) in [6, 6.07) is 15.3. The van der Waals surface area contributed by atoms with Crippen molar-refractivity contribution in [3.8, 4) is 17.2 Å². The zero-order valence-electron chi connectivity index (χ0n) is 25.2. The van der Waals surface area contributed by atoms with E-state index in [0.29, 0.717) is 18.7 Å². The zero-order chi connectivity index (χ0) is 31.7. The lowest BCUT2D eigenvalue weighted by Gasteiger charge is -2.33. The van der Waals surface area contributed by atoms with Crippen LogP contribution in [0.15, 0.2) is 65.6 Å². The second-order valence-corrected chi connectivity index (χ2v) is 11.9. The molecule has 10 nitrogen and oxygen atoms in total. The van der Waals surface area contributed by atoms with Crippen LogP contribution in [0.1, 0.15) is 31.4 Å². The van der Waals surface area contributed by atoms with Gasteiger partial charge in [0.25, 0.3) is 10.0 Å². The number of halogens is 1. The van der Waals surface area contributed by atoms with Crippen LogP contribution in [-0.2, 0) is 26.2 Å². The molecular weight excluding hydrogens is 594 g/mol. The van der Waals surface area contributed by atoms with Gasteiger partial charge in [0, 0.05) is 24.2 Å². The monoisotopic (exact) mass is 631 g/mol. The molecule has 0 radical (unpaired) electrons. The Labute approximate surface area is 258 Å². The molecule has 43 heavy (non-hydrogen) atoms. The maximum absolute atomic E-state index is 14.3. The highest BCUT2D eigenvalue weighted by Gasteiger charge is 2.35. The molecule has 12 heteroatoms. The quantitative estimate of drug-likeness (QED) is 0.271. The summed E-state index contributed by atoms with van der Waals surface area (Å²) in [5.41, 5.74) is 1.81. The van der Waals surface area contributed by atoms with Crippen LogP contribution in [0.2, 0.25) is 5.02 Å². The number of aryl methyl sites for hydroxylation is 1. The fourth-order valence-corrected chi connectivity index (χ4v) is 6.26. The Morgan fingerprint density at radius 1 is 0.907 bits per heavy atom. The SMILES string of the molecule is CCNC(=O)C(CC)N(Cc1ccccc1C)C(=O)CN(c1cc(Cl)ccc1OC)S(=O)(=O)c1ccc(OC)c(OC)c1. The van der Waals surface area contributed by atoms with Crippen LogP contribution >= 0.6 is 11.6 Å². The number of likely N-dealkylation sites (N-methyl/N-ethyl adjacent to an activating group) is 1. The summed E-state index contributed by atoms with van der Waals surface area (Å²) in [6.45, 7) is 5.33. The predicted molar refractivity (Wildman–Crippen MR) is 167 cm³/mol.